The highest BCUT2D eigenvalue weighted by Crippen LogP contribution is 2.19. The summed E-state index contributed by atoms with van der Waals surface area (Å²) in [5.74, 6) is 1.24. The van der Waals surface area contributed by atoms with Crippen LogP contribution in [0.2, 0.25) is 0 Å². The van der Waals surface area contributed by atoms with Crippen molar-refractivity contribution in [2.75, 3.05) is 13.1 Å². The van der Waals surface area contributed by atoms with E-state index in [2.05, 4.69) is 22.0 Å². The predicted octanol–water partition coefficient (Wildman–Crippen LogP) is 1.62. The first kappa shape index (κ1) is 13.2. The monoisotopic (exact) mass is 251 g/mol. The molecular weight excluding hydrogens is 230 g/mol. The number of hydrogen-bond donors (Lipinski definition) is 0. The maximum Gasteiger partial charge on any atom is 0.228 e. The minimum absolute atomic E-state index is 0.0650. The molecular formula is C13H21N3O2. The topological polar surface area (TPSA) is 59.2 Å². The van der Waals surface area contributed by atoms with Crippen molar-refractivity contribution in [2.45, 2.75) is 52.0 Å². The summed E-state index contributed by atoms with van der Waals surface area (Å²) in [4.78, 5) is 17.7. The van der Waals surface area contributed by atoms with E-state index in [-0.39, 0.29) is 12.2 Å². The maximum atomic E-state index is 11.0. The molecule has 1 saturated heterocycles. The molecule has 1 atom stereocenters. The Kier molecular flexibility index (Phi) is 4.47. The van der Waals surface area contributed by atoms with Crippen molar-refractivity contribution in [3.8, 4) is 0 Å². The van der Waals surface area contributed by atoms with Crippen LogP contribution in [0.5, 0.6) is 0 Å². The van der Waals surface area contributed by atoms with E-state index >= 15 is 0 Å². The highest BCUT2D eigenvalue weighted by molar-refractivity contribution is 5.77. The summed E-state index contributed by atoms with van der Waals surface area (Å²) in [6.45, 7) is 5.96. The number of hydrogen-bond acceptors (Lipinski definition) is 5. The van der Waals surface area contributed by atoms with Crippen molar-refractivity contribution in [2.24, 2.45) is 0 Å². The Bertz CT molecular complexity index is 403. The zero-order valence-corrected chi connectivity index (χ0v) is 11.2. The average molecular weight is 251 g/mol. The van der Waals surface area contributed by atoms with E-state index in [1.165, 1.54) is 26.2 Å². The lowest BCUT2D eigenvalue weighted by Gasteiger charge is -2.33. The van der Waals surface area contributed by atoms with Crippen LogP contribution < -0.4 is 0 Å². The molecule has 2 heterocycles. The summed E-state index contributed by atoms with van der Waals surface area (Å²) >= 11 is 0. The fourth-order valence-electron chi connectivity index (χ4n) is 2.58. The second-order valence-electron chi connectivity index (χ2n) is 4.97. The number of ketones is 1. The minimum Gasteiger partial charge on any atom is -0.339 e. The number of likely N-dealkylation sites (tertiary alicyclic amines) is 1. The second kappa shape index (κ2) is 6.09. The SMILES string of the molecule is CCN1CCCCC1Cc1nc(CC(C)=O)no1. The van der Waals surface area contributed by atoms with Gasteiger partial charge < -0.3 is 9.42 Å². The molecule has 5 nitrogen and oxygen atoms in total. The molecule has 5 heteroatoms. The van der Waals surface area contributed by atoms with Gasteiger partial charge in [0.1, 0.15) is 5.78 Å². The largest absolute Gasteiger partial charge is 0.339 e. The predicted molar refractivity (Wildman–Crippen MR) is 67.3 cm³/mol. The highest BCUT2D eigenvalue weighted by Gasteiger charge is 2.23. The molecule has 0 radical (unpaired) electrons. The Labute approximate surface area is 108 Å². The standard InChI is InChI=1S/C13H21N3O2/c1-3-16-7-5-4-6-11(16)9-13-14-12(15-18-13)8-10(2)17/h11H,3-9H2,1-2H3. The molecule has 100 valence electrons. The molecule has 1 fully saturated rings. The molecule has 18 heavy (non-hydrogen) atoms. The van der Waals surface area contributed by atoms with Crippen molar-refractivity contribution in [3.63, 3.8) is 0 Å². The zero-order chi connectivity index (χ0) is 13.0. The van der Waals surface area contributed by atoms with Gasteiger partial charge in [-0.1, -0.05) is 18.5 Å². The summed E-state index contributed by atoms with van der Waals surface area (Å²) in [7, 11) is 0. The van der Waals surface area contributed by atoms with Gasteiger partial charge in [-0.3, -0.25) is 4.79 Å². The molecule has 0 N–H and O–H groups in total. The average Bonchev–Trinajstić information content (AvgIpc) is 2.76. The second-order valence-corrected chi connectivity index (χ2v) is 4.97. The van der Waals surface area contributed by atoms with Crippen LogP contribution >= 0.6 is 0 Å². The third-order valence-electron chi connectivity index (χ3n) is 3.48. The van der Waals surface area contributed by atoms with E-state index in [0.29, 0.717) is 17.8 Å². The molecule has 0 saturated carbocycles. The van der Waals surface area contributed by atoms with E-state index in [0.717, 1.165) is 19.5 Å². The van der Waals surface area contributed by atoms with Gasteiger partial charge in [-0.15, -0.1) is 0 Å². The third-order valence-corrected chi connectivity index (χ3v) is 3.48. The maximum absolute atomic E-state index is 11.0. The zero-order valence-electron chi connectivity index (χ0n) is 11.2. The Morgan fingerprint density at radius 3 is 3.06 bits per heavy atom. The summed E-state index contributed by atoms with van der Waals surface area (Å²) < 4.78 is 5.22. The van der Waals surface area contributed by atoms with Crippen molar-refractivity contribution in [3.05, 3.63) is 11.7 Å². The first-order valence-corrected chi connectivity index (χ1v) is 6.74. The van der Waals surface area contributed by atoms with Crippen LogP contribution in [0.15, 0.2) is 4.52 Å². The Hall–Kier alpha value is -1.23. The van der Waals surface area contributed by atoms with Gasteiger partial charge in [0, 0.05) is 12.5 Å². The molecule has 0 bridgehead atoms. The normalized spacial score (nSPS) is 21.1. The van der Waals surface area contributed by atoms with Crippen LogP contribution in [0, 0.1) is 0 Å². The molecule has 0 spiro atoms. The van der Waals surface area contributed by atoms with E-state index in [1.54, 1.807) is 0 Å². The number of Topliss-reactive ketones (excluding diaryl/α,β-unsaturated/α-hetero) is 1. The number of rotatable bonds is 5. The van der Waals surface area contributed by atoms with Crippen LogP contribution in [0.4, 0.5) is 0 Å². The smallest absolute Gasteiger partial charge is 0.228 e. The van der Waals surface area contributed by atoms with Gasteiger partial charge in [-0.2, -0.15) is 4.98 Å². The number of nitrogens with zero attached hydrogens (tertiary/aromatic N) is 3. The van der Waals surface area contributed by atoms with Crippen molar-refractivity contribution in [1.29, 1.82) is 0 Å². The van der Waals surface area contributed by atoms with E-state index in [1.807, 2.05) is 0 Å². The van der Waals surface area contributed by atoms with E-state index < -0.39 is 0 Å². The lowest BCUT2D eigenvalue weighted by molar-refractivity contribution is -0.116. The van der Waals surface area contributed by atoms with Crippen LogP contribution in [-0.4, -0.2) is 40.0 Å². The molecule has 1 aromatic heterocycles. The molecule has 0 amide bonds. The van der Waals surface area contributed by atoms with Crippen molar-refractivity contribution in [1.82, 2.24) is 15.0 Å². The first-order valence-electron chi connectivity index (χ1n) is 6.74. The van der Waals surface area contributed by atoms with E-state index in [4.69, 9.17) is 4.52 Å². The fourth-order valence-corrected chi connectivity index (χ4v) is 2.58. The number of carbonyl (C=O) groups excluding carboxylic acids is 1. The van der Waals surface area contributed by atoms with Crippen molar-refractivity contribution >= 4 is 5.78 Å². The fraction of sp³-hybridized carbons (Fsp3) is 0.769. The quantitative estimate of drug-likeness (QED) is 0.796. The third kappa shape index (κ3) is 3.38. The van der Waals surface area contributed by atoms with Gasteiger partial charge >= 0.3 is 0 Å². The van der Waals surface area contributed by atoms with E-state index in [9.17, 15) is 4.79 Å². The number of carbonyl (C=O) groups is 1. The van der Waals surface area contributed by atoms with Crippen LogP contribution in [0.1, 0.15) is 44.8 Å². The minimum atomic E-state index is 0.0650. The van der Waals surface area contributed by atoms with Crippen LogP contribution in [0.3, 0.4) is 0 Å². The van der Waals surface area contributed by atoms with Gasteiger partial charge in [0.05, 0.1) is 6.42 Å². The summed E-state index contributed by atoms with van der Waals surface area (Å²) in [5.41, 5.74) is 0. The lowest BCUT2D eigenvalue weighted by atomic mass is 9.99. The van der Waals surface area contributed by atoms with Gasteiger partial charge in [-0.25, -0.2) is 0 Å². The molecule has 2 rings (SSSR count). The Morgan fingerprint density at radius 1 is 1.50 bits per heavy atom. The molecule has 1 aliphatic heterocycles. The summed E-state index contributed by atoms with van der Waals surface area (Å²) in [6, 6.07) is 0.509. The van der Waals surface area contributed by atoms with Gasteiger partial charge in [0.2, 0.25) is 5.89 Å². The molecule has 0 aliphatic carbocycles. The molecule has 1 aromatic rings. The number of piperidine rings is 1. The van der Waals surface area contributed by atoms with Gasteiger partial charge in [-0.05, 0) is 32.9 Å². The number of aromatic nitrogens is 2. The van der Waals surface area contributed by atoms with Gasteiger partial charge in [0.25, 0.3) is 0 Å². The first-order chi connectivity index (χ1) is 8.69. The Balaban J connectivity index is 1.95. The number of likely N-dealkylation sites (N-methyl/N-ethyl adjacent to an activating group) is 1. The molecule has 1 unspecified atom stereocenters. The molecule has 1 aliphatic rings. The molecule has 0 aromatic carbocycles. The summed E-state index contributed by atoms with van der Waals surface area (Å²) in [5, 5.41) is 3.85. The van der Waals surface area contributed by atoms with Crippen LogP contribution in [-0.2, 0) is 17.6 Å². The highest BCUT2D eigenvalue weighted by atomic mass is 16.5. The Morgan fingerprint density at radius 2 is 2.33 bits per heavy atom. The van der Waals surface area contributed by atoms with Crippen molar-refractivity contribution < 1.29 is 9.32 Å². The lowest BCUT2D eigenvalue weighted by Crippen LogP contribution is -2.40. The van der Waals surface area contributed by atoms with Crippen LogP contribution in [0.25, 0.3) is 0 Å². The summed E-state index contributed by atoms with van der Waals surface area (Å²) in [6.07, 6.45) is 4.82. The van der Waals surface area contributed by atoms with Gasteiger partial charge in [0.15, 0.2) is 5.82 Å².